The second-order valence-corrected chi connectivity index (χ2v) is 6.61. The third-order valence-electron chi connectivity index (χ3n) is 4.22. The van der Waals surface area contributed by atoms with Crippen LogP contribution in [0.5, 0.6) is 17.2 Å². The summed E-state index contributed by atoms with van der Waals surface area (Å²) in [6.45, 7) is 0. The highest BCUT2D eigenvalue weighted by atomic mass is 35.5. The summed E-state index contributed by atoms with van der Waals surface area (Å²) in [5, 5.41) is 4.24. The maximum absolute atomic E-state index is 12.4. The van der Waals surface area contributed by atoms with Gasteiger partial charge in [0.05, 0.1) is 31.0 Å². The number of esters is 1. The van der Waals surface area contributed by atoms with E-state index in [1.807, 2.05) is 0 Å². The van der Waals surface area contributed by atoms with E-state index < -0.39 is 5.97 Å². The van der Waals surface area contributed by atoms with Gasteiger partial charge in [0.2, 0.25) is 0 Å². The van der Waals surface area contributed by atoms with Gasteiger partial charge >= 0.3 is 5.97 Å². The fourth-order valence-electron chi connectivity index (χ4n) is 2.60. The SMILES string of the molecule is COc1ccc(C(=O)N/N=C\c2ccc(OC(=O)c3ccccc3Cl)c(OC)c2)cc1. The number of hydrogen-bond acceptors (Lipinski definition) is 6. The fourth-order valence-corrected chi connectivity index (χ4v) is 2.82. The summed E-state index contributed by atoms with van der Waals surface area (Å²) in [5.74, 6) is 0.244. The second-order valence-electron chi connectivity index (χ2n) is 6.21. The highest BCUT2D eigenvalue weighted by molar-refractivity contribution is 6.33. The van der Waals surface area contributed by atoms with E-state index in [4.69, 9.17) is 25.8 Å². The number of hydrazone groups is 1. The van der Waals surface area contributed by atoms with Crippen LogP contribution in [0.3, 0.4) is 0 Å². The Morgan fingerprint density at radius 3 is 2.35 bits per heavy atom. The zero-order chi connectivity index (χ0) is 22.2. The molecule has 3 aromatic carbocycles. The summed E-state index contributed by atoms with van der Waals surface area (Å²) in [6, 6.07) is 18.1. The highest BCUT2D eigenvalue weighted by Gasteiger charge is 2.15. The van der Waals surface area contributed by atoms with Crippen LogP contribution in [0.1, 0.15) is 26.3 Å². The predicted octanol–water partition coefficient (Wildman–Crippen LogP) is 4.34. The summed E-state index contributed by atoms with van der Waals surface area (Å²) in [7, 11) is 3.01. The Morgan fingerprint density at radius 2 is 1.68 bits per heavy atom. The Bertz CT molecular complexity index is 1110. The van der Waals surface area contributed by atoms with E-state index in [2.05, 4.69) is 10.5 Å². The smallest absolute Gasteiger partial charge is 0.345 e. The van der Waals surface area contributed by atoms with Gasteiger partial charge in [0.1, 0.15) is 5.75 Å². The molecule has 0 aromatic heterocycles. The van der Waals surface area contributed by atoms with Crippen molar-refractivity contribution >= 4 is 29.7 Å². The number of benzene rings is 3. The monoisotopic (exact) mass is 438 g/mol. The molecule has 158 valence electrons. The molecule has 3 rings (SSSR count). The summed E-state index contributed by atoms with van der Waals surface area (Å²) < 4.78 is 15.8. The van der Waals surface area contributed by atoms with E-state index in [9.17, 15) is 9.59 Å². The number of nitrogens with zero attached hydrogens (tertiary/aromatic N) is 1. The molecule has 0 saturated heterocycles. The molecule has 0 spiro atoms. The second kappa shape index (κ2) is 10.3. The summed E-state index contributed by atoms with van der Waals surface area (Å²) in [5.41, 5.74) is 3.77. The van der Waals surface area contributed by atoms with E-state index >= 15 is 0 Å². The first kappa shape index (κ1) is 21.9. The first-order chi connectivity index (χ1) is 15.0. The van der Waals surface area contributed by atoms with Crippen molar-refractivity contribution in [2.45, 2.75) is 0 Å². The van der Waals surface area contributed by atoms with E-state index in [-0.39, 0.29) is 17.2 Å². The molecule has 3 aromatic rings. The molecule has 0 atom stereocenters. The summed E-state index contributed by atoms with van der Waals surface area (Å²) in [4.78, 5) is 24.5. The van der Waals surface area contributed by atoms with Crippen LogP contribution >= 0.6 is 11.6 Å². The minimum atomic E-state index is -0.600. The van der Waals surface area contributed by atoms with Crippen LogP contribution < -0.4 is 19.6 Å². The van der Waals surface area contributed by atoms with Gasteiger partial charge in [-0.2, -0.15) is 5.10 Å². The van der Waals surface area contributed by atoms with Gasteiger partial charge in [-0.25, -0.2) is 10.2 Å². The van der Waals surface area contributed by atoms with Crippen molar-refractivity contribution < 1.29 is 23.8 Å². The summed E-state index contributed by atoms with van der Waals surface area (Å²) in [6.07, 6.45) is 1.45. The number of nitrogens with one attached hydrogen (secondary N) is 1. The Balaban J connectivity index is 1.67. The Hall–Kier alpha value is -3.84. The van der Waals surface area contributed by atoms with Crippen LogP contribution in [0.2, 0.25) is 5.02 Å². The fraction of sp³-hybridized carbons (Fsp3) is 0.0870. The van der Waals surface area contributed by atoms with Gasteiger partial charge in [-0.15, -0.1) is 0 Å². The highest BCUT2D eigenvalue weighted by Crippen LogP contribution is 2.29. The van der Waals surface area contributed by atoms with Crippen molar-refractivity contribution in [1.29, 1.82) is 0 Å². The van der Waals surface area contributed by atoms with E-state index in [0.29, 0.717) is 27.6 Å². The first-order valence-electron chi connectivity index (χ1n) is 9.14. The van der Waals surface area contributed by atoms with Crippen LogP contribution in [0.4, 0.5) is 0 Å². The molecular weight excluding hydrogens is 420 g/mol. The lowest BCUT2D eigenvalue weighted by atomic mass is 10.2. The van der Waals surface area contributed by atoms with Crippen molar-refractivity contribution in [3.63, 3.8) is 0 Å². The normalized spacial score (nSPS) is 10.5. The van der Waals surface area contributed by atoms with Crippen molar-refractivity contribution in [2.75, 3.05) is 14.2 Å². The molecule has 1 amide bonds. The Kier molecular flexibility index (Phi) is 7.24. The number of carbonyl (C=O) groups is 2. The molecular formula is C23H19ClN2O5. The average molecular weight is 439 g/mol. The average Bonchev–Trinajstić information content (AvgIpc) is 2.80. The van der Waals surface area contributed by atoms with Crippen LogP contribution in [0.15, 0.2) is 71.8 Å². The third-order valence-corrected chi connectivity index (χ3v) is 4.55. The Morgan fingerprint density at radius 1 is 0.935 bits per heavy atom. The molecule has 0 aliphatic carbocycles. The number of halogens is 1. The molecule has 0 bridgehead atoms. The van der Waals surface area contributed by atoms with Crippen molar-refractivity contribution in [3.8, 4) is 17.2 Å². The van der Waals surface area contributed by atoms with Crippen LogP contribution in [-0.2, 0) is 0 Å². The molecule has 7 nitrogen and oxygen atoms in total. The zero-order valence-electron chi connectivity index (χ0n) is 16.8. The van der Waals surface area contributed by atoms with Crippen molar-refractivity contribution in [2.24, 2.45) is 5.10 Å². The van der Waals surface area contributed by atoms with Gasteiger partial charge in [0, 0.05) is 5.56 Å². The molecule has 0 heterocycles. The molecule has 0 radical (unpaired) electrons. The third kappa shape index (κ3) is 5.61. The number of ether oxygens (including phenoxy) is 3. The van der Waals surface area contributed by atoms with Gasteiger partial charge in [0.15, 0.2) is 11.5 Å². The quantitative estimate of drug-likeness (QED) is 0.256. The Labute approximate surface area is 184 Å². The predicted molar refractivity (Wildman–Crippen MR) is 117 cm³/mol. The standard InChI is InChI=1S/C23H19ClN2O5/c1-29-17-10-8-16(9-11-17)22(27)26-25-14-15-7-12-20(21(13-15)30-2)31-23(28)18-5-3-4-6-19(18)24/h3-14H,1-2H3,(H,26,27)/b25-14-. The van der Waals surface area contributed by atoms with Crippen LogP contribution in [-0.4, -0.2) is 32.3 Å². The molecule has 31 heavy (non-hydrogen) atoms. The number of hydrogen-bond donors (Lipinski definition) is 1. The van der Waals surface area contributed by atoms with Gasteiger partial charge in [-0.05, 0) is 60.2 Å². The molecule has 0 unspecified atom stereocenters. The molecule has 1 N–H and O–H groups in total. The maximum atomic E-state index is 12.4. The minimum absolute atomic E-state index is 0.229. The molecule has 0 aliphatic rings. The maximum Gasteiger partial charge on any atom is 0.345 e. The lowest BCUT2D eigenvalue weighted by Gasteiger charge is -2.10. The number of rotatable bonds is 7. The van der Waals surface area contributed by atoms with Crippen LogP contribution in [0, 0.1) is 0 Å². The lowest BCUT2D eigenvalue weighted by molar-refractivity contribution is 0.0729. The van der Waals surface area contributed by atoms with E-state index in [1.165, 1.54) is 13.3 Å². The molecule has 0 saturated carbocycles. The number of amides is 1. The van der Waals surface area contributed by atoms with Crippen LogP contribution in [0.25, 0.3) is 0 Å². The molecule has 0 aliphatic heterocycles. The van der Waals surface area contributed by atoms with Gasteiger partial charge in [-0.1, -0.05) is 23.7 Å². The zero-order valence-corrected chi connectivity index (χ0v) is 17.6. The topological polar surface area (TPSA) is 86.2 Å². The van der Waals surface area contributed by atoms with Crippen molar-refractivity contribution in [3.05, 3.63) is 88.4 Å². The minimum Gasteiger partial charge on any atom is -0.497 e. The van der Waals surface area contributed by atoms with Gasteiger partial charge < -0.3 is 14.2 Å². The number of methoxy groups -OCH3 is 2. The molecule has 0 fully saturated rings. The summed E-state index contributed by atoms with van der Waals surface area (Å²) >= 11 is 6.04. The lowest BCUT2D eigenvalue weighted by Crippen LogP contribution is -2.17. The van der Waals surface area contributed by atoms with Crippen molar-refractivity contribution in [1.82, 2.24) is 5.43 Å². The largest absolute Gasteiger partial charge is 0.497 e. The van der Waals surface area contributed by atoms with Gasteiger partial charge in [-0.3, -0.25) is 4.79 Å². The first-order valence-corrected chi connectivity index (χ1v) is 9.52. The number of carbonyl (C=O) groups excluding carboxylic acids is 2. The van der Waals surface area contributed by atoms with E-state index in [1.54, 1.807) is 73.8 Å². The van der Waals surface area contributed by atoms with Gasteiger partial charge in [0.25, 0.3) is 5.91 Å². The molecule has 8 heteroatoms. The van der Waals surface area contributed by atoms with E-state index in [0.717, 1.165) is 0 Å².